The van der Waals surface area contributed by atoms with E-state index in [0.29, 0.717) is 17.8 Å². The molecule has 1 fully saturated rings. The largest absolute Gasteiger partial charge is 0.480 e. The number of carboxylic acids is 1. The van der Waals surface area contributed by atoms with Gasteiger partial charge in [0.1, 0.15) is 6.67 Å². The highest BCUT2D eigenvalue weighted by atomic mass is 19.1. The van der Waals surface area contributed by atoms with E-state index in [4.69, 9.17) is 5.11 Å². The summed E-state index contributed by atoms with van der Waals surface area (Å²) in [6, 6.07) is -1.41. The highest BCUT2D eigenvalue weighted by Gasteiger charge is 2.29. The van der Waals surface area contributed by atoms with Crippen molar-refractivity contribution < 1.29 is 19.1 Å². The normalized spacial score (nSPS) is 21.3. The zero-order chi connectivity index (χ0) is 13.8. The molecule has 18 heavy (non-hydrogen) atoms. The van der Waals surface area contributed by atoms with Crippen molar-refractivity contribution in [3.8, 4) is 0 Å². The second-order valence-electron chi connectivity index (χ2n) is 5.92. The van der Waals surface area contributed by atoms with Crippen molar-refractivity contribution >= 4 is 11.9 Å². The molecule has 0 aromatic carbocycles. The molecule has 2 N–H and O–H groups in total. The number of rotatable bonds is 5. The summed E-state index contributed by atoms with van der Waals surface area (Å²) in [5.74, 6) is -1.38. The molecular weight excluding hydrogens is 237 g/mol. The molecule has 4 nitrogen and oxygen atoms in total. The maximum absolute atomic E-state index is 12.4. The van der Waals surface area contributed by atoms with Crippen molar-refractivity contribution in [2.45, 2.75) is 52.0 Å². The Balaban J connectivity index is 2.35. The monoisotopic (exact) mass is 259 g/mol. The van der Waals surface area contributed by atoms with Gasteiger partial charge >= 0.3 is 5.97 Å². The fraction of sp³-hybridized carbons (Fsp3) is 0.846. The van der Waals surface area contributed by atoms with Gasteiger partial charge in [0.25, 0.3) is 0 Å². The molecular formula is C13H22FNO3. The van der Waals surface area contributed by atoms with Crippen LogP contribution in [0.5, 0.6) is 0 Å². The van der Waals surface area contributed by atoms with Crippen LogP contribution in [-0.4, -0.2) is 29.7 Å². The molecule has 1 aliphatic carbocycles. The molecule has 0 saturated heterocycles. The second kappa shape index (κ2) is 6.16. The summed E-state index contributed by atoms with van der Waals surface area (Å²) in [7, 11) is 0. The van der Waals surface area contributed by atoms with E-state index in [1.807, 2.05) is 0 Å². The van der Waals surface area contributed by atoms with E-state index in [1.54, 1.807) is 0 Å². The smallest absolute Gasteiger partial charge is 0.328 e. The van der Waals surface area contributed by atoms with E-state index >= 15 is 0 Å². The maximum Gasteiger partial charge on any atom is 0.328 e. The molecule has 0 aliphatic heterocycles. The minimum atomic E-state index is -1.41. The molecule has 0 heterocycles. The summed E-state index contributed by atoms with van der Waals surface area (Å²) in [6.07, 6.45) is 4.42. The van der Waals surface area contributed by atoms with E-state index in [1.165, 1.54) is 0 Å². The van der Waals surface area contributed by atoms with E-state index in [0.717, 1.165) is 25.7 Å². The van der Waals surface area contributed by atoms with Crippen LogP contribution in [0.2, 0.25) is 0 Å². The first kappa shape index (κ1) is 14.9. The van der Waals surface area contributed by atoms with E-state index in [9.17, 15) is 14.0 Å². The van der Waals surface area contributed by atoms with Crippen LogP contribution in [0.25, 0.3) is 0 Å². The van der Waals surface area contributed by atoms with Gasteiger partial charge in [-0.25, -0.2) is 9.18 Å². The zero-order valence-electron chi connectivity index (χ0n) is 11.0. The number of halogens is 1. The lowest BCUT2D eigenvalue weighted by molar-refractivity contribution is -0.142. The third-order valence-corrected chi connectivity index (χ3v) is 3.72. The summed E-state index contributed by atoms with van der Waals surface area (Å²) in [5.41, 5.74) is 0.343. The van der Waals surface area contributed by atoms with Gasteiger partial charge in [-0.05, 0) is 37.0 Å². The topological polar surface area (TPSA) is 66.4 Å². The summed E-state index contributed by atoms with van der Waals surface area (Å²) in [5, 5.41) is 10.9. The van der Waals surface area contributed by atoms with E-state index in [-0.39, 0.29) is 5.91 Å². The van der Waals surface area contributed by atoms with Crippen molar-refractivity contribution in [3.05, 3.63) is 0 Å². The molecule has 1 unspecified atom stereocenters. The van der Waals surface area contributed by atoms with Gasteiger partial charge in [-0.3, -0.25) is 4.79 Å². The molecule has 0 aromatic rings. The van der Waals surface area contributed by atoms with Crippen LogP contribution in [0, 0.1) is 11.3 Å². The highest BCUT2D eigenvalue weighted by Crippen LogP contribution is 2.39. The maximum atomic E-state index is 12.4. The van der Waals surface area contributed by atoms with E-state index in [2.05, 4.69) is 19.2 Å². The number of carbonyl (C=O) groups is 2. The fourth-order valence-electron chi connectivity index (χ4n) is 2.34. The molecule has 0 bridgehead atoms. The Morgan fingerprint density at radius 2 is 1.94 bits per heavy atom. The number of carboxylic acid groups (broad SMARTS) is 1. The van der Waals surface area contributed by atoms with E-state index < -0.39 is 18.7 Å². The van der Waals surface area contributed by atoms with Crippen molar-refractivity contribution in [2.75, 3.05) is 6.67 Å². The lowest BCUT2D eigenvalue weighted by Crippen LogP contribution is -2.43. The van der Waals surface area contributed by atoms with Gasteiger partial charge in [-0.1, -0.05) is 13.8 Å². The standard InChI is InChI=1S/C13H22FNO3/c1-13(2)5-3-9(4-6-13)7-11(16)15-10(8-14)12(17)18/h9-10H,3-8H2,1-2H3,(H,15,16)(H,17,18). The number of hydrogen-bond acceptors (Lipinski definition) is 2. The first-order valence-corrected chi connectivity index (χ1v) is 6.42. The highest BCUT2D eigenvalue weighted by molar-refractivity contribution is 5.83. The molecule has 1 atom stereocenters. The molecule has 1 saturated carbocycles. The quantitative estimate of drug-likeness (QED) is 0.795. The number of amides is 1. The summed E-state index contributed by atoms with van der Waals surface area (Å²) in [6.45, 7) is 3.36. The lowest BCUT2D eigenvalue weighted by atomic mass is 9.72. The first-order chi connectivity index (χ1) is 8.34. The molecule has 0 spiro atoms. The molecule has 0 aromatic heterocycles. The molecule has 1 aliphatic rings. The fourth-order valence-corrected chi connectivity index (χ4v) is 2.34. The Labute approximate surface area is 107 Å². The Morgan fingerprint density at radius 3 is 2.39 bits per heavy atom. The van der Waals surface area contributed by atoms with Crippen molar-refractivity contribution in [1.82, 2.24) is 5.32 Å². The van der Waals surface area contributed by atoms with Gasteiger partial charge < -0.3 is 10.4 Å². The average Bonchev–Trinajstić information content (AvgIpc) is 2.28. The van der Waals surface area contributed by atoms with Crippen molar-refractivity contribution in [2.24, 2.45) is 11.3 Å². The van der Waals surface area contributed by atoms with Gasteiger partial charge in [0.2, 0.25) is 5.91 Å². The second-order valence-corrected chi connectivity index (χ2v) is 5.92. The Kier molecular flexibility index (Phi) is 5.11. The van der Waals surface area contributed by atoms with Crippen LogP contribution < -0.4 is 5.32 Å². The van der Waals surface area contributed by atoms with Crippen LogP contribution in [0.4, 0.5) is 4.39 Å². The first-order valence-electron chi connectivity index (χ1n) is 6.42. The molecule has 1 amide bonds. The minimum Gasteiger partial charge on any atom is -0.480 e. The molecule has 5 heteroatoms. The van der Waals surface area contributed by atoms with Gasteiger partial charge in [-0.2, -0.15) is 0 Å². The summed E-state index contributed by atoms with van der Waals surface area (Å²) >= 11 is 0. The lowest BCUT2D eigenvalue weighted by Gasteiger charge is -2.34. The van der Waals surface area contributed by atoms with Crippen LogP contribution in [0.1, 0.15) is 46.0 Å². The van der Waals surface area contributed by atoms with Gasteiger partial charge in [-0.15, -0.1) is 0 Å². The number of carbonyl (C=O) groups excluding carboxylic acids is 1. The summed E-state index contributed by atoms with van der Waals surface area (Å²) < 4.78 is 12.4. The van der Waals surface area contributed by atoms with Crippen LogP contribution in [-0.2, 0) is 9.59 Å². The van der Waals surface area contributed by atoms with Gasteiger partial charge in [0.15, 0.2) is 6.04 Å². The van der Waals surface area contributed by atoms with Crippen molar-refractivity contribution in [3.63, 3.8) is 0 Å². The number of nitrogens with one attached hydrogen (secondary N) is 1. The van der Waals surface area contributed by atoms with Crippen LogP contribution >= 0.6 is 0 Å². The number of alkyl halides is 1. The minimum absolute atomic E-state index is 0.298. The van der Waals surface area contributed by atoms with Crippen LogP contribution in [0.3, 0.4) is 0 Å². The average molecular weight is 259 g/mol. The number of hydrogen-bond donors (Lipinski definition) is 2. The predicted octanol–water partition coefficient (Wildman–Crippen LogP) is 2.13. The Morgan fingerprint density at radius 1 is 1.39 bits per heavy atom. The Bertz CT molecular complexity index is 307. The summed E-state index contributed by atoms with van der Waals surface area (Å²) in [4.78, 5) is 22.2. The molecule has 1 rings (SSSR count). The SMILES string of the molecule is CC1(C)CCC(CC(=O)NC(CF)C(=O)O)CC1. The van der Waals surface area contributed by atoms with Gasteiger partial charge in [0, 0.05) is 6.42 Å². The van der Waals surface area contributed by atoms with Crippen molar-refractivity contribution in [1.29, 1.82) is 0 Å². The number of aliphatic carboxylic acids is 1. The third-order valence-electron chi connectivity index (χ3n) is 3.72. The Hall–Kier alpha value is -1.13. The third kappa shape index (κ3) is 4.63. The van der Waals surface area contributed by atoms with Gasteiger partial charge in [0.05, 0.1) is 0 Å². The molecule has 0 radical (unpaired) electrons. The predicted molar refractivity (Wildman–Crippen MR) is 65.9 cm³/mol. The van der Waals surface area contributed by atoms with Crippen LogP contribution in [0.15, 0.2) is 0 Å². The molecule has 104 valence electrons. The zero-order valence-corrected chi connectivity index (χ0v) is 11.0.